The summed E-state index contributed by atoms with van der Waals surface area (Å²) in [6, 6.07) is 9.92. The molecule has 3 N–H and O–H groups in total. The standard InChI is InChI=1S/C14H14N2OS/c1-9-7-18-8-11(9)14(16-15)13-6-10-4-2-3-5-12(10)17-13/h2-8,14,16H,15H2,1H3. The predicted octanol–water partition coefficient (Wildman–Crippen LogP) is 3.36. The topological polar surface area (TPSA) is 51.2 Å². The summed E-state index contributed by atoms with van der Waals surface area (Å²) in [6.07, 6.45) is 0. The second-order valence-corrected chi connectivity index (χ2v) is 5.04. The molecule has 0 aliphatic heterocycles. The van der Waals surface area contributed by atoms with Gasteiger partial charge in [-0.15, -0.1) is 0 Å². The van der Waals surface area contributed by atoms with Crippen molar-refractivity contribution in [3.63, 3.8) is 0 Å². The third kappa shape index (κ3) is 1.84. The molecule has 3 aromatic rings. The van der Waals surface area contributed by atoms with Crippen LogP contribution in [0.2, 0.25) is 0 Å². The monoisotopic (exact) mass is 258 g/mol. The highest BCUT2D eigenvalue weighted by Gasteiger charge is 2.19. The highest BCUT2D eigenvalue weighted by atomic mass is 32.1. The number of nitrogens with one attached hydrogen (secondary N) is 1. The normalized spacial score (nSPS) is 13.0. The van der Waals surface area contributed by atoms with Crippen molar-refractivity contribution in [2.75, 3.05) is 0 Å². The molecule has 2 aromatic heterocycles. The number of furan rings is 1. The second kappa shape index (κ2) is 4.57. The van der Waals surface area contributed by atoms with Crippen molar-refractivity contribution >= 4 is 22.3 Å². The van der Waals surface area contributed by atoms with Crippen LogP contribution in [0.1, 0.15) is 22.9 Å². The highest BCUT2D eigenvalue weighted by Crippen LogP contribution is 2.30. The van der Waals surface area contributed by atoms with Gasteiger partial charge in [-0.25, -0.2) is 5.43 Å². The Bertz CT molecular complexity index is 638. The number of hydrogen-bond acceptors (Lipinski definition) is 4. The van der Waals surface area contributed by atoms with Crippen LogP contribution in [-0.4, -0.2) is 0 Å². The Morgan fingerprint density at radius 3 is 2.78 bits per heavy atom. The molecule has 0 aliphatic rings. The number of hydrazine groups is 1. The van der Waals surface area contributed by atoms with E-state index in [2.05, 4.69) is 23.1 Å². The fourth-order valence-electron chi connectivity index (χ4n) is 2.14. The molecule has 1 atom stereocenters. The summed E-state index contributed by atoms with van der Waals surface area (Å²) < 4.78 is 5.86. The summed E-state index contributed by atoms with van der Waals surface area (Å²) in [6.45, 7) is 2.08. The number of hydrogen-bond donors (Lipinski definition) is 2. The van der Waals surface area contributed by atoms with Crippen molar-refractivity contribution in [3.05, 3.63) is 58.0 Å². The molecule has 92 valence electrons. The van der Waals surface area contributed by atoms with E-state index >= 15 is 0 Å². The quantitative estimate of drug-likeness (QED) is 0.559. The van der Waals surface area contributed by atoms with Crippen LogP contribution < -0.4 is 11.3 Å². The molecule has 0 saturated heterocycles. The summed E-state index contributed by atoms with van der Waals surface area (Å²) in [4.78, 5) is 0. The summed E-state index contributed by atoms with van der Waals surface area (Å²) in [5.41, 5.74) is 6.12. The minimum atomic E-state index is -0.0938. The Balaban J connectivity index is 2.09. The molecule has 0 spiro atoms. The summed E-state index contributed by atoms with van der Waals surface area (Å²) in [5, 5.41) is 5.32. The molecule has 1 unspecified atom stereocenters. The first-order valence-electron chi connectivity index (χ1n) is 5.77. The van der Waals surface area contributed by atoms with E-state index in [4.69, 9.17) is 10.3 Å². The molecule has 3 nitrogen and oxygen atoms in total. The maximum absolute atomic E-state index is 5.86. The molecule has 0 amide bonds. The van der Waals surface area contributed by atoms with Crippen molar-refractivity contribution in [1.82, 2.24) is 5.43 Å². The van der Waals surface area contributed by atoms with E-state index in [0.717, 1.165) is 16.7 Å². The second-order valence-electron chi connectivity index (χ2n) is 4.30. The maximum atomic E-state index is 5.86. The molecule has 2 heterocycles. The van der Waals surface area contributed by atoms with Crippen LogP contribution in [0.15, 0.2) is 45.5 Å². The van der Waals surface area contributed by atoms with Crippen molar-refractivity contribution in [1.29, 1.82) is 0 Å². The minimum absolute atomic E-state index is 0.0938. The number of thiophene rings is 1. The van der Waals surface area contributed by atoms with Gasteiger partial charge in [-0.2, -0.15) is 11.3 Å². The van der Waals surface area contributed by atoms with E-state index in [1.54, 1.807) is 11.3 Å². The third-order valence-corrected chi connectivity index (χ3v) is 3.98. The third-order valence-electron chi connectivity index (χ3n) is 3.10. The van der Waals surface area contributed by atoms with Gasteiger partial charge in [0.05, 0.1) is 0 Å². The minimum Gasteiger partial charge on any atom is -0.459 e. The highest BCUT2D eigenvalue weighted by molar-refractivity contribution is 7.08. The molecule has 0 aliphatic carbocycles. The summed E-state index contributed by atoms with van der Waals surface area (Å²) >= 11 is 1.67. The Morgan fingerprint density at radius 1 is 1.28 bits per heavy atom. The summed E-state index contributed by atoms with van der Waals surface area (Å²) in [5.74, 6) is 6.53. The van der Waals surface area contributed by atoms with Gasteiger partial charge < -0.3 is 4.42 Å². The van der Waals surface area contributed by atoms with Crippen LogP contribution in [-0.2, 0) is 0 Å². The van der Waals surface area contributed by atoms with Gasteiger partial charge in [0.1, 0.15) is 17.4 Å². The molecule has 4 heteroatoms. The van der Waals surface area contributed by atoms with Crippen molar-refractivity contribution in [3.8, 4) is 0 Å². The van der Waals surface area contributed by atoms with Crippen LogP contribution >= 0.6 is 11.3 Å². The lowest BCUT2D eigenvalue weighted by Gasteiger charge is -2.12. The van der Waals surface area contributed by atoms with Gasteiger partial charge in [-0.3, -0.25) is 5.84 Å². The van der Waals surface area contributed by atoms with Crippen LogP contribution in [0.3, 0.4) is 0 Å². The van der Waals surface area contributed by atoms with Crippen molar-refractivity contribution in [2.45, 2.75) is 13.0 Å². The largest absolute Gasteiger partial charge is 0.459 e. The predicted molar refractivity (Wildman–Crippen MR) is 74.4 cm³/mol. The molecule has 0 bridgehead atoms. The number of aryl methyl sites for hydroxylation is 1. The zero-order chi connectivity index (χ0) is 12.5. The zero-order valence-electron chi connectivity index (χ0n) is 10.0. The smallest absolute Gasteiger partial charge is 0.134 e. The lowest BCUT2D eigenvalue weighted by molar-refractivity contribution is 0.477. The molecule has 1 aromatic carbocycles. The molecular weight excluding hydrogens is 244 g/mol. The number of fused-ring (bicyclic) bond motifs is 1. The fourth-order valence-corrected chi connectivity index (χ4v) is 3.01. The average Bonchev–Trinajstić information content (AvgIpc) is 2.97. The first kappa shape index (κ1) is 11.5. The Labute approximate surface area is 109 Å². The van der Waals surface area contributed by atoms with Crippen LogP contribution in [0.25, 0.3) is 11.0 Å². The molecule has 0 saturated carbocycles. The van der Waals surface area contributed by atoms with Gasteiger partial charge >= 0.3 is 0 Å². The van der Waals surface area contributed by atoms with Crippen LogP contribution in [0, 0.1) is 6.92 Å². The van der Waals surface area contributed by atoms with Gasteiger partial charge in [0.2, 0.25) is 0 Å². The number of rotatable bonds is 3. The zero-order valence-corrected chi connectivity index (χ0v) is 10.8. The van der Waals surface area contributed by atoms with Crippen molar-refractivity contribution in [2.24, 2.45) is 5.84 Å². The van der Waals surface area contributed by atoms with E-state index < -0.39 is 0 Å². The van der Waals surface area contributed by atoms with Gasteiger partial charge in [0.15, 0.2) is 0 Å². The molecule has 0 fully saturated rings. The van der Waals surface area contributed by atoms with E-state index in [1.165, 1.54) is 11.1 Å². The first-order valence-corrected chi connectivity index (χ1v) is 6.71. The Morgan fingerprint density at radius 2 is 2.11 bits per heavy atom. The van der Waals surface area contributed by atoms with E-state index in [1.807, 2.05) is 30.3 Å². The van der Waals surface area contributed by atoms with E-state index in [9.17, 15) is 0 Å². The van der Waals surface area contributed by atoms with E-state index in [-0.39, 0.29) is 6.04 Å². The van der Waals surface area contributed by atoms with Gasteiger partial charge in [-0.05, 0) is 40.9 Å². The Kier molecular flexibility index (Phi) is 2.91. The molecule has 18 heavy (non-hydrogen) atoms. The van der Waals surface area contributed by atoms with Crippen LogP contribution in [0.4, 0.5) is 0 Å². The lowest BCUT2D eigenvalue weighted by Crippen LogP contribution is -2.28. The summed E-state index contributed by atoms with van der Waals surface area (Å²) in [7, 11) is 0. The number of para-hydroxylation sites is 1. The van der Waals surface area contributed by atoms with Crippen molar-refractivity contribution < 1.29 is 4.42 Å². The number of nitrogens with two attached hydrogens (primary N) is 1. The fraction of sp³-hybridized carbons (Fsp3) is 0.143. The average molecular weight is 258 g/mol. The number of benzene rings is 1. The van der Waals surface area contributed by atoms with Gasteiger partial charge in [0, 0.05) is 5.39 Å². The van der Waals surface area contributed by atoms with E-state index in [0.29, 0.717) is 0 Å². The Hall–Kier alpha value is -1.62. The maximum Gasteiger partial charge on any atom is 0.134 e. The lowest BCUT2D eigenvalue weighted by atomic mass is 10.0. The van der Waals surface area contributed by atoms with Gasteiger partial charge in [-0.1, -0.05) is 18.2 Å². The molecular formula is C14H14N2OS. The van der Waals surface area contributed by atoms with Gasteiger partial charge in [0.25, 0.3) is 0 Å². The molecule has 3 rings (SSSR count). The molecule has 0 radical (unpaired) electrons. The SMILES string of the molecule is Cc1cscc1C(NN)c1cc2ccccc2o1. The van der Waals surface area contributed by atoms with Crippen LogP contribution in [0.5, 0.6) is 0 Å². The first-order chi connectivity index (χ1) is 8.79.